The lowest BCUT2D eigenvalue weighted by Gasteiger charge is -2.14. The van der Waals surface area contributed by atoms with Crippen molar-refractivity contribution in [2.75, 3.05) is 13.2 Å². The largest absolute Gasteiger partial charge is 0.481 e. The number of amides is 2. The molecule has 0 fully saturated rings. The van der Waals surface area contributed by atoms with Crippen molar-refractivity contribution in [1.82, 2.24) is 10.6 Å². The molecule has 7 nitrogen and oxygen atoms in total. The summed E-state index contributed by atoms with van der Waals surface area (Å²) in [6.07, 6.45) is -0.135. The van der Waals surface area contributed by atoms with Crippen molar-refractivity contribution >= 4 is 18.0 Å². The van der Waals surface area contributed by atoms with E-state index in [0.29, 0.717) is 12.0 Å². The Balaban J connectivity index is 1.25. The SMILES string of the molecule is CC(CCNC(=O)c1ccc(CNC(=O)OCC2c3ccccc3-c3ccccc32)cc1)C(=O)O. The second kappa shape index (κ2) is 10.9. The normalized spacial score (nSPS) is 12.8. The van der Waals surface area contributed by atoms with Crippen LogP contribution in [0.25, 0.3) is 11.1 Å². The van der Waals surface area contributed by atoms with Crippen LogP contribution in [0.3, 0.4) is 0 Å². The van der Waals surface area contributed by atoms with Crippen LogP contribution in [0.2, 0.25) is 0 Å². The highest BCUT2D eigenvalue weighted by Gasteiger charge is 2.28. The summed E-state index contributed by atoms with van der Waals surface area (Å²) >= 11 is 0. The van der Waals surface area contributed by atoms with E-state index in [2.05, 4.69) is 34.9 Å². The van der Waals surface area contributed by atoms with Crippen LogP contribution in [0.4, 0.5) is 4.79 Å². The van der Waals surface area contributed by atoms with Crippen LogP contribution in [0.1, 0.15) is 46.3 Å². The van der Waals surface area contributed by atoms with Gasteiger partial charge in [0.1, 0.15) is 6.61 Å². The number of hydrogen-bond acceptors (Lipinski definition) is 4. The monoisotopic (exact) mass is 472 g/mol. The number of rotatable bonds is 9. The van der Waals surface area contributed by atoms with Crippen LogP contribution in [0.5, 0.6) is 0 Å². The molecule has 1 aliphatic carbocycles. The third kappa shape index (κ3) is 5.69. The third-order valence-corrected chi connectivity index (χ3v) is 6.28. The van der Waals surface area contributed by atoms with Crippen molar-refractivity contribution in [2.45, 2.75) is 25.8 Å². The highest BCUT2D eigenvalue weighted by molar-refractivity contribution is 5.94. The van der Waals surface area contributed by atoms with Gasteiger partial charge in [-0.1, -0.05) is 67.6 Å². The summed E-state index contributed by atoms with van der Waals surface area (Å²) in [7, 11) is 0. The van der Waals surface area contributed by atoms with Gasteiger partial charge in [0, 0.05) is 24.6 Å². The molecule has 1 unspecified atom stereocenters. The Morgan fingerprint density at radius 3 is 2.09 bits per heavy atom. The van der Waals surface area contributed by atoms with Crippen LogP contribution in [-0.2, 0) is 16.1 Å². The molecule has 0 saturated carbocycles. The van der Waals surface area contributed by atoms with Gasteiger partial charge in [0.2, 0.25) is 0 Å². The Labute approximate surface area is 204 Å². The highest BCUT2D eigenvalue weighted by Crippen LogP contribution is 2.44. The summed E-state index contributed by atoms with van der Waals surface area (Å²) < 4.78 is 5.55. The van der Waals surface area contributed by atoms with E-state index in [1.54, 1.807) is 31.2 Å². The molecule has 0 aliphatic heterocycles. The molecule has 0 aromatic heterocycles. The van der Waals surface area contributed by atoms with Crippen molar-refractivity contribution in [2.24, 2.45) is 5.92 Å². The minimum atomic E-state index is -0.882. The van der Waals surface area contributed by atoms with Gasteiger partial charge in [-0.05, 0) is 46.4 Å². The maximum Gasteiger partial charge on any atom is 0.407 e. The van der Waals surface area contributed by atoms with Crippen molar-refractivity contribution in [3.8, 4) is 11.1 Å². The molecule has 0 bridgehead atoms. The number of carboxylic acid groups (broad SMARTS) is 1. The van der Waals surface area contributed by atoms with Crippen molar-refractivity contribution in [3.63, 3.8) is 0 Å². The smallest absolute Gasteiger partial charge is 0.407 e. The minimum Gasteiger partial charge on any atom is -0.481 e. The van der Waals surface area contributed by atoms with Gasteiger partial charge in [-0.15, -0.1) is 0 Å². The molecule has 1 aliphatic rings. The Hall–Kier alpha value is -4.13. The first-order chi connectivity index (χ1) is 16.9. The van der Waals surface area contributed by atoms with Gasteiger partial charge >= 0.3 is 12.1 Å². The van der Waals surface area contributed by atoms with Crippen LogP contribution in [0.15, 0.2) is 72.8 Å². The number of ether oxygens (including phenoxy) is 1. The van der Waals surface area contributed by atoms with Crippen LogP contribution < -0.4 is 10.6 Å². The zero-order valence-corrected chi connectivity index (χ0v) is 19.5. The first-order valence-electron chi connectivity index (χ1n) is 11.6. The predicted molar refractivity (Wildman–Crippen MR) is 132 cm³/mol. The molecule has 0 heterocycles. The molecule has 0 saturated heterocycles. The average Bonchev–Trinajstić information content (AvgIpc) is 3.20. The number of aliphatic carboxylic acids is 1. The fourth-order valence-electron chi connectivity index (χ4n) is 4.23. The fraction of sp³-hybridized carbons (Fsp3) is 0.250. The number of carbonyl (C=O) groups is 3. The van der Waals surface area contributed by atoms with E-state index in [1.807, 2.05) is 24.3 Å². The van der Waals surface area contributed by atoms with E-state index in [0.717, 1.165) is 16.7 Å². The number of alkyl carbamates (subject to hydrolysis) is 1. The van der Waals surface area contributed by atoms with E-state index in [1.165, 1.54) is 11.1 Å². The maximum atomic E-state index is 12.4. The van der Waals surface area contributed by atoms with Gasteiger partial charge in [-0.25, -0.2) is 4.79 Å². The van der Waals surface area contributed by atoms with E-state index in [9.17, 15) is 14.4 Å². The fourth-order valence-corrected chi connectivity index (χ4v) is 4.23. The second-order valence-corrected chi connectivity index (χ2v) is 8.66. The number of carboxylic acids is 1. The second-order valence-electron chi connectivity index (χ2n) is 8.66. The van der Waals surface area contributed by atoms with Gasteiger partial charge in [0.05, 0.1) is 5.92 Å². The van der Waals surface area contributed by atoms with Crippen LogP contribution >= 0.6 is 0 Å². The van der Waals surface area contributed by atoms with Crippen molar-refractivity contribution in [1.29, 1.82) is 0 Å². The standard InChI is InChI=1S/C28H28N2O5/c1-18(27(32)33)14-15-29-26(31)20-12-10-19(11-13-20)16-30-28(34)35-17-25-23-8-4-2-6-21(23)22-7-3-5-9-24(22)25/h2-13,18,25H,14-17H2,1H3,(H,29,31)(H,30,34)(H,32,33). The molecule has 35 heavy (non-hydrogen) atoms. The molecule has 3 N–H and O–H groups in total. The summed E-state index contributed by atoms with van der Waals surface area (Å²) in [5, 5.41) is 14.4. The van der Waals surface area contributed by atoms with Crippen LogP contribution in [0, 0.1) is 5.92 Å². The Bertz CT molecular complexity index is 1180. The maximum absolute atomic E-state index is 12.4. The summed E-state index contributed by atoms with van der Waals surface area (Å²) in [6.45, 7) is 2.42. The lowest BCUT2D eigenvalue weighted by Crippen LogP contribution is -2.27. The molecule has 2 amide bonds. The first-order valence-corrected chi connectivity index (χ1v) is 11.6. The summed E-state index contributed by atoms with van der Waals surface area (Å²) in [6, 6.07) is 23.2. The lowest BCUT2D eigenvalue weighted by atomic mass is 9.98. The third-order valence-electron chi connectivity index (χ3n) is 6.28. The molecule has 7 heteroatoms. The summed E-state index contributed by atoms with van der Waals surface area (Å²) in [5.41, 5.74) is 5.98. The molecule has 4 rings (SSSR count). The van der Waals surface area contributed by atoms with Crippen molar-refractivity contribution in [3.05, 3.63) is 95.1 Å². The number of nitrogens with one attached hydrogen (secondary N) is 2. The molecule has 1 atom stereocenters. The van der Waals surface area contributed by atoms with Gasteiger partial charge in [0.25, 0.3) is 5.91 Å². The average molecular weight is 473 g/mol. The Kier molecular flexibility index (Phi) is 7.45. The Morgan fingerprint density at radius 1 is 0.886 bits per heavy atom. The quantitative estimate of drug-likeness (QED) is 0.423. The summed E-state index contributed by atoms with van der Waals surface area (Å²) in [5.74, 6) is -1.66. The first kappa shape index (κ1) is 24.0. The molecule has 0 spiro atoms. The number of carbonyl (C=O) groups excluding carboxylic acids is 2. The zero-order chi connectivity index (χ0) is 24.8. The minimum absolute atomic E-state index is 0.00410. The summed E-state index contributed by atoms with van der Waals surface area (Å²) in [4.78, 5) is 35.4. The number of benzene rings is 3. The number of fused-ring (bicyclic) bond motifs is 3. The lowest BCUT2D eigenvalue weighted by molar-refractivity contribution is -0.141. The topological polar surface area (TPSA) is 105 Å². The van der Waals surface area contributed by atoms with Crippen LogP contribution in [-0.4, -0.2) is 36.2 Å². The molecule has 3 aromatic rings. The molecule has 0 radical (unpaired) electrons. The zero-order valence-electron chi connectivity index (χ0n) is 19.5. The van der Waals surface area contributed by atoms with Gasteiger partial charge in [-0.2, -0.15) is 0 Å². The molecular formula is C28H28N2O5. The van der Waals surface area contributed by atoms with Crippen molar-refractivity contribution < 1.29 is 24.2 Å². The molecular weight excluding hydrogens is 444 g/mol. The van der Waals surface area contributed by atoms with Gasteiger partial charge < -0.3 is 20.5 Å². The van der Waals surface area contributed by atoms with E-state index >= 15 is 0 Å². The van der Waals surface area contributed by atoms with Gasteiger partial charge in [0.15, 0.2) is 0 Å². The number of hydrogen-bond donors (Lipinski definition) is 3. The van der Waals surface area contributed by atoms with Gasteiger partial charge in [-0.3, -0.25) is 9.59 Å². The highest BCUT2D eigenvalue weighted by atomic mass is 16.5. The molecule has 3 aromatic carbocycles. The predicted octanol–water partition coefficient (Wildman–Crippen LogP) is 4.57. The molecule has 180 valence electrons. The van der Waals surface area contributed by atoms with E-state index in [4.69, 9.17) is 9.84 Å². The van der Waals surface area contributed by atoms with E-state index < -0.39 is 18.0 Å². The Morgan fingerprint density at radius 2 is 1.49 bits per heavy atom. The van der Waals surface area contributed by atoms with E-state index in [-0.39, 0.29) is 31.5 Å².